The van der Waals surface area contributed by atoms with Crippen LogP contribution in [-0.4, -0.2) is 37.3 Å². The number of aromatic nitrogens is 4. The van der Waals surface area contributed by atoms with Crippen LogP contribution in [0.3, 0.4) is 0 Å². The second-order valence-corrected chi connectivity index (χ2v) is 9.65. The molecule has 0 bridgehead atoms. The predicted molar refractivity (Wildman–Crippen MR) is 109 cm³/mol. The fraction of sp³-hybridized carbons (Fsp3) is 0.474. The van der Waals surface area contributed by atoms with Crippen molar-refractivity contribution in [2.75, 3.05) is 13.1 Å². The Labute approximate surface area is 169 Å². The Hall–Kier alpha value is -2.10. The van der Waals surface area contributed by atoms with E-state index in [4.69, 9.17) is 5.10 Å². The van der Waals surface area contributed by atoms with Gasteiger partial charge in [-0.05, 0) is 37.8 Å². The van der Waals surface area contributed by atoms with E-state index < -0.39 is 11.1 Å². The molecule has 1 spiro atoms. The first kappa shape index (κ1) is 18.0. The molecule has 0 radical (unpaired) electrons. The maximum atomic E-state index is 12.7. The molecule has 1 atom stereocenters. The summed E-state index contributed by atoms with van der Waals surface area (Å²) in [6.07, 6.45) is 1.84. The Kier molecular flexibility index (Phi) is 4.33. The van der Waals surface area contributed by atoms with Crippen LogP contribution in [-0.2, 0) is 25.0 Å². The van der Waals surface area contributed by atoms with Crippen LogP contribution in [0.15, 0.2) is 32.6 Å². The molecule has 28 heavy (non-hydrogen) atoms. The van der Waals surface area contributed by atoms with Crippen molar-refractivity contribution >= 4 is 22.7 Å². The Bertz CT molecular complexity index is 1130. The Morgan fingerprint density at radius 3 is 2.75 bits per heavy atom. The molecule has 5 heterocycles. The molecule has 0 N–H and O–H groups in total. The van der Waals surface area contributed by atoms with Crippen LogP contribution in [0.2, 0.25) is 0 Å². The van der Waals surface area contributed by atoms with Gasteiger partial charge in [0, 0.05) is 34.8 Å². The van der Waals surface area contributed by atoms with E-state index in [-0.39, 0.29) is 5.41 Å². The van der Waals surface area contributed by atoms with Gasteiger partial charge in [0.05, 0.1) is 17.7 Å². The van der Waals surface area contributed by atoms with E-state index >= 15 is 0 Å². The fourth-order valence-corrected chi connectivity index (χ4v) is 5.90. The van der Waals surface area contributed by atoms with E-state index in [2.05, 4.69) is 9.88 Å². The van der Waals surface area contributed by atoms with E-state index in [0.717, 1.165) is 48.9 Å². The normalized spacial score (nSPS) is 21.6. The molecule has 0 saturated carbocycles. The van der Waals surface area contributed by atoms with Crippen molar-refractivity contribution in [3.63, 3.8) is 0 Å². The second kappa shape index (κ2) is 6.75. The lowest BCUT2D eigenvalue weighted by atomic mass is 9.85. The quantitative estimate of drug-likeness (QED) is 0.608. The highest BCUT2D eigenvalue weighted by Gasteiger charge is 2.47. The largest absolute Gasteiger partial charge is 0.332 e. The number of thiazole rings is 1. The van der Waals surface area contributed by atoms with E-state index in [1.165, 1.54) is 9.56 Å². The minimum atomic E-state index is -0.524. The van der Waals surface area contributed by atoms with Crippen LogP contribution < -0.4 is 11.1 Å². The van der Waals surface area contributed by atoms with Crippen LogP contribution in [0.5, 0.6) is 0 Å². The SMILES string of the molecule is Cc1ncsc1CN1CCC2(CCn3c2nn(Cc2cccs2)c(=O)c3=O)C1. The van der Waals surface area contributed by atoms with Gasteiger partial charge >= 0.3 is 11.1 Å². The highest BCUT2D eigenvalue weighted by molar-refractivity contribution is 7.10. The molecule has 2 aliphatic heterocycles. The average molecular weight is 416 g/mol. The predicted octanol–water partition coefficient (Wildman–Crippen LogP) is 1.83. The van der Waals surface area contributed by atoms with E-state index in [9.17, 15) is 9.59 Å². The number of rotatable bonds is 4. The molecule has 9 heteroatoms. The molecule has 1 saturated heterocycles. The molecule has 3 aromatic rings. The zero-order valence-corrected chi connectivity index (χ0v) is 17.3. The Morgan fingerprint density at radius 1 is 1.14 bits per heavy atom. The molecule has 5 rings (SSSR count). The number of thiophene rings is 1. The van der Waals surface area contributed by atoms with Gasteiger partial charge < -0.3 is 0 Å². The molecule has 1 fully saturated rings. The van der Waals surface area contributed by atoms with Gasteiger partial charge in [0.2, 0.25) is 0 Å². The number of likely N-dealkylation sites (tertiary alicyclic amines) is 1. The van der Waals surface area contributed by atoms with Crippen LogP contribution in [0.1, 0.15) is 34.1 Å². The lowest BCUT2D eigenvalue weighted by Gasteiger charge is -2.23. The molecule has 2 aliphatic rings. The van der Waals surface area contributed by atoms with Gasteiger partial charge in [0.25, 0.3) is 0 Å². The van der Waals surface area contributed by atoms with Crippen molar-refractivity contribution in [1.29, 1.82) is 0 Å². The van der Waals surface area contributed by atoms with Gasteiger partial charge in [-0.3, -0.25) is 19.1 Å². The van der Waals surface area contributed by atoms with Crippen molar-refractivity contribution < 1.29 is 0 Å². The van der Waals surface area contributed by atoms with Gasteiger partial charge in [-0.25, -0.2) is 9.67 Å². The Morgan fingerprint density at radius 2 is 2.00 bits per heavy atom. The smallest absolute Gasteiger partial charge is 0.297 e. The van der Waals surface area contributed by atoms with Crippen molar-refractivity contribution in [3.05, 3.63) is 65.0 Å². The van der Waals surface area contributed by atoms with Gasteiger partial charge in [0.15, 0.2) is 0 Å². The number of nitrogens with zero attached hydrogens (tertiary/aromatic N) is 5. The fourth-order valence-electron chi connectivity index (χ4n) is 4.39. The summed E-state index contributed by atoms with van der Waals surface area (Å²) in [4.78, 5) is 34.3. The van der Waals surface area contributed by atoms with Gasteiger partial charge in [-0.1, -0.05) is 6.07 Å². The topological polar surface area (TPSA) is 73.0 Å². The summed E-state index contributed by atoms with van der Waals surface area (Å²) in [5.41, 5.74) is 1.89. The van der Waals surface area contributed by atoms with Gasteiger partial charge in [0.1, 0.15) is 5.82 Å². The molecular weight excluding hydrogens is 394 g/mol. The van der Waals surface area contributed by atoms with Gasteiger partial charge in [-0.15, -0.1) is 22.7 Å². The average Bonchev–Trinajstić information content (AvgIpc) is 3.46. The number of hydrogen-bond donors (Lipinski definition) is 0. The van der Waals surface area contributed by atoms with Crippen LogP contribution >= 0.6 is 22.7 Å². The third kappa shape index (κ3) is 2.89. The van der Waals surface area contributed by atoms with Crippen LogP contribution in [0.4, 0.5) is 0 Å². The first-order valence-electron chi connectivity index (χ1n) is 9.42. The zero-order valence-electron chi connectivity index (χ0n) is 15.6. The van der Waals surface area contributed by atoms with Gasteiger partial charge in [-0.2, -0.15) is 5.10 Å². The first-order chi connectivity index (χ1) is 13.6. The maximum Gasteiger partial charge on any atom is 0.332 e. The third-order valence-electron chi connectivity index (χ3n) is 5.95. The number of aryl methyl sites for hydroxylation is 1. The first-order valence-corrected chi connectivity index (χ1v) is 11.2. The molecule has 0 amide bonds. The van der Waals surface area contributed by atoms with Crippen molar-refractivity contribution in [2.45, 2.75) is 44.8 Å². The van der Waals surface area contributed by atoms with E-state index in [1.807, 2.05) is 29.9 Å². The van der Waals surface area contributed by atoms with Crippen molar-refractivity contribution in [2.24, 2.45) is 0 Å². The minimum absolute atomic E-state index is 0.136. The summed E-state index contributed by atoms with van der Waals surface area (Å²) in [7, 11) is 0. The summed E-state index contributed by atoms with van der Waals surface area (Å²) < 4.78 is 2.98. The highest BCUT2D eigenvalue weighted by Crippen LogP contribution is 2.41. The molecular formula is C19H21N5O2S2. The van der Waals surface area contributed by atoms with Crippen LogP contribution in [0, 0.1) is 6.92 Å². The third-order valence-corrected chi connectivity index (χ3v) is 7.73. The number of fused-ring (bicyclic) bond motifs is 2. The lowest BCUT2D eigenvalue weighted by Crippen LogP contribution is -2.45. The highest BCUT2D eigenvalue weighted by atomic mass is 32.1. The summed E-state index contributed by atoms with van der Waals surface area (Å²) >= 11 is 3.27. The van der Waals surface area contributed by atoms with Crippen molar-refractivity contribution in [1.82, 2.24) is 24.2 Å². The van der Waals surface area contributed by atoms with E-state index in [0.29, 0.717) is 13.1 Å². The summed E-state index contributed by atoms with van der Waals surface area (Å²) in [5, 5.41) is 6.68. The summed E-state index contributed by atoms with van der Waals surface area (Å²) in [6, 6.07) is 3.91. The molecule has 3 aromatic heterocycles. The monoisotopic (exact) mass is 415 g/mol. The van der Waals surface area contributed by atoms with Crippen LogP contribution in [0.25, 0.3) is 0 Å². The molecule has 7 nitrogen and oxygen atoms in total. The standard InChI is InChI=1S/C19H21N5O2S2/c1-13-15(28-12-20-13)10-22-6-4-19(11-22)5-7-23-16(25)17(26)24(21-18(19)23)9-14-3-2-8-27-14/h2-3,8,12H,4-7,9-11H2,1H3. The molecule has 1 unspecified atom stereocenters. The second-order valence-electron chi connectivity index (χ2n) is 7.67. The summed E-state index contributed by atoms with van der Waals surface area (Å²) in [6.45, 7) is 5.72. The zero-order chi connectivity index (χ0) is 19.3. The molecule has 0 aromatic carbocycles. The van der Waals surface area contributed by atoms with E-state index in [1.54, 1.807) is 27.2 Å². The Balaban J connectivity index is 1.47. The van der Waals surface area contributed by atoms with Crippen molar-refractivity contribution in [3.8, 4) is 0 Å². The summed E-state index contributed by atoms with van der Waals surface area (Å²) in [5.74, 6) is 0.789. The molecule has 146 valence electrons. The number of hydrogen-bond acceptors (Lipinski definition) is 7. The maximum absolute atomic E-state index is 12.7. The minimum Gasteiger partial charge on any atom is -0.297 e. The molecule has 0 aliphatic carbocycles. The lowest BCUT2D eigenvalue weighted by molar-refractivity contribution is 0.299.